The Balaban J connectivity index is 1.50. The summed E-state index contributed by atoms with van der Waals surface area (Å²) >= 11 is 6.94. The molecule has 2 aromatic heterocycles. The lowest BCUT2D eigenvalue weighted by Gasteiger charge is -2.42. The molecule has 0 unspecified atom stereocenters. The Bertz CT molecular complexity index is 1290. The first-order valence-electron chi connectivity index (χ1n) is 9.98. The van der Waals surface area contributed by atoms with Crippen LogP contribution in [0.25, 0.3) is 10.6 Å². The molecule has 11 heteroatoms. The van der Waals surface area contributed by atoms with E-state index in [9.17, 15) is 19.1 Å². The van der Waals surface area contributed by atoms with Crippen LogP contribution in [0.2, 0.25) is 5.02 Å². The van der Waals surface area contributed by atoms with Crippen LogP contribution < -0.4 is 5.43 Å². The molecule has 2 aliphatic rings. The van der Waals surface area contributed by atoms with Gasteiger partial charge in [0, 0.05) is 19.2 Å². The van der Waals surface area contributed by atoms with Crippen LogP contribution >= 0.6 is 22.9 Å². The molecule has 0 aliphatic carbocycles. The molecule has 2 atom stereocenters. The molecule has 0 spiro atoms. The van der Waals surface area contributed by atoms with Gasteiger partial charge in [-0.05, 0) is 17.5 Å². The topological polar surface area (TPSA) is 97.5 Å². The zero-order valence-electron chi connectivity index (χ0n) is 16.9. The van der Waals surface area contributed by atoms with Crippen molar-refractivity contribution in [2.24, 2.45) is 5.92 Å². The summed E-state index contributed by atoms with van der Waals surface area (Å²) < 4.78 is 21.5. The highest BCUT2D eigenvalue weighted by molar-refractivity contribution is 7.14. The van der Waals surface area contributed by atoms with Crippen LogP contribution in [0.15, 0.2) is 29.2 Å². The first-order chi connectivity index (χ1) is 15.3. The third-order valence-electron chi connectivity index (χ3n) is 5.57. The van der Waals surface area contributed by atoms with Crippen molar-refractivity contribution in [2.45, 2.75) is 26.1 Å². The van der Waals surface area contributed by atoms with Gasteiger partial charge in [-0.1, -0.05) is 42.0 Å². The molecule has 1 fully saturated rings. The van der Waals surface area contributed by atoms with Gasteiger partial charge in [0.1, 0.15) is 10.8 Å². The number of hydrogen-bond donors (Lipinski definition) is 1. The maximum atomic E-state index is 14.2. The molecule has 1 saturated heterocycles. The Hall–Kier alpha value is -2.82. The van der Waals surface area contributed by atoms with Gasteiger partial charge < -0.3 is 19.3 Å². The summed E-state index contributed by atoms with van der Waals surface area (Å²) in [6, 6.07) is 4.71. The second-order valence-corrected chi connectivity index (χ2v) is 9.43. The zero-order valence-corrected chi connectivity index (χ0v) is 18.5. The summed E-state index contributed by atoms with van der Waals surface area (Å²) in [6.07, 6.45) is 1.19. The van der Waals surface area contributed by atoms with Crippen LogP contribution in [0, 0.1) is 11.7 Å². The molecule has 0 bridgehead atoms. The Labute approximate surface area is 190 Å². The molecule has 166 valence electrons. The Morgan fingerprint density at radius 3 is 2.94 bits per heavy atom. The van der Waals surface area contributed by atoms with Gasteiger partial charge in [0.15, 0.2) is 22.7 Å². The number of hydrogen-bond acceptors (Lipinski definition) is 7. The highest BCUT2D eigenvalue weighted by atomic mass is 35.5. The van der Waals surface area contributed by atoms with Crippen molar-refractivity contribution in [2.75, 3.05) is 13.2 Å². The van der Waals surface area contributed by atoms with Gasteiger partial charge in [0.2, 0.25) is 5.43 Å². The fraction of sp³-hybridized carbons (Fsp3) is 0.333. The highest BCUT2D eigenvalue weighted by Crippen LogP contribution is 2.31. The molecule has 4 heterocycles. The molecule has 0 radical (unpaired) electrons. The first-order valence-corrected chi connectivity index (χ1v) is 11.2. The van der Waals surface area contributed by atoms with E-state index in [0.29, 0.717) is 23.7 Å². The molecule has 3 aromatic rings. The van der Waals surface area contributed by atoms with E-state index in [4.69, 9.17) is 16.3 Å². The van der Waals surface area contributed by atoms with Gasteiger partial charge in [-0.15, -0.1) is 10.2 Å². The van der Waals surface area contributed by atoms with E-state index in [1.54, 1.807) is 17.0 Å². The van der Waals surface area contributed by atoms with Crippen molar-refractivity contribution >= 4 is 28.8 Å². The number of benzene rings is 1. The number of nitrogens with zero attached hydrogens (tertiary/aromatic N) is 4. The van der Waals surface area contributed by atoms with Crippen LogP contribution in [0.3, 0.4) is 0 Å². The summed E-state index contributed by atoms with van der Waals surface area (Å²) in [5, 5.41) is 19.5. The highest BCUT2D eigenvalue weighted by Gasteiger charge is 2.39. The molecule has 1 aromatic carbocycles. The van der Waals surface area contributed by atoms with Gasteiger partial charge in [-0.25, -0.2) is 4.39 Å². The zero-order chi connectivity index (χ0) is 22.6. The molecular formula is C21H18ClFN4O4S. The van der Waals surface area contributed by atoms with Crippen LogP contribution in [0.1, 0.15) is 28.0 Å². The maximum Gasteiger partial charge on any atom is 0.276 e. The molecule has 32 heavy (non-hydrogen) atoms. The van der Waals surface area contributed by atoms with Gasteiger partial charge in [-0.2, -0.15) is 0 Å². The number of halogens is 2. The van der Waals surface area contributed by atoms with Crippen molar-refractivity contribution in [1.29, 1.82) is 0 Å². The van der Waals surface area contributed by atoms with Crippen LogP contribution in [-0.4, -0.2) is 50.1 Å². The summed E-state index contributed by atoms with van der Waals surface area (Å²) in [4.78, 5) is 27.4. The van der Waals surface area contributed by atoms with E-state index in [1.807, 2.05) is 6.92 Å². The van der Waals surface area contributed by atoms with Gasteiger partial charge in [0.05, 0.1) is 23.7 Å². The molecule has 8 nitrogen and oxygen atoms in total. The minimum atomic E-state index is -0.703. The second kappa shape index (κ2) is 7.95. The molecule has 2 aliphatic heterocycles. The van der Waals surface area contributed by atoms with E-state index >= 15 is 0 Å². The van der Waals surface area contributed by atoms with Crippen molar-refractivity contribution < 1.29 is 19.0 Å². The molecule has 5 rings (SSSR count). The van der Waals surface area contributed by atoms with E-state index in [-0.39, 0.29) is 40.2 Å². The van der Waals surface area contributed by atoms with Crippen molar-refractivity contribution in [3.05, 3.63) is 61.7 Å². The number of rotatable bonds is 3. The predicted molar refractivity (Wildman–Crippen MR) is 115 cm³/mol. The number of aromatic hydroxyl groups is 1. The standard InChI is InChI=1S/C21H18ClFN4O4S/c1-10-6-27-15(31-9-10)8-26-7-12(18(28)19(29)17(26)21(27)30)20-25-24-14(32-20)5-11-3-2-4-13(22)16(11)23/h2-4,7,10,15,29H,5-6,8-9H2,1H3/t10-,15-/m0/s1. The third kappa shape index (κ3) is 3.48. The normalized spacial score (nSPS) is 20.2. The molecule has 0 saturated carbocycles. The van der Waals surface area contributed by atoms with Crippen molar-refractivity contribution in [1.82, 2.24) is 19.7 Å². The number of carbonyl (C=O) groups excluding carboxylic acids is 1. The average Bonchev–Trinajstić information content (AvgIpc) is 3.23. The Morgan fingerprint density at radius 2 is 2.12 bits per heavy atom. The number of carbonyl (C=O) groups is 1. The van der Waals surface area contributed by atoms with Crippen molar-refractivity contribution in [3.8, 4) is 16.3 Å². The first kappa shape index (κ1) is 21.0. The van der Waals surface area contributed by atoms with Crippen molar-refractivity contribution in [3.63, 3.8) is 0 Å². The third-order valence-corrected chi connectivity index (χ3v) is 6.82. The molecule has 1 amide bonds. The Morgan fingerprint density at radius 1 is 1.31 bits per heavy atom. The largest absolute Gasteiger partial charge is 0.503 e. The van der Waals surface area contributed by atoms with Crippen LogP contribution in [0.4, 0.5) is 4.39 Å². The SMILES string of the molecule is C[C@@H]1CO[C@H]2Cn3cc(-c4nnc(Cc5cccc(Cl)c5F)s4)c(=O)c(O)c3C(=O)N2C1. The van der Waals surface area contributed by atoms with Crippen LogP contribution in [-0.2, 0) is 17.7 Å². The summed E-state index contributed by atoms with van der Waals surface area (Å²) in [5.74, 6) is -1.42. The predicted octanol–water partition coefficient (Wildman–Crippen LogP) is 2.90. The number of fused-ring (bicyclic) bond motifs is 2. The minimum Gasteiger partial charge on any atom is -0.503 e. The number of amides is 1. The van der Waals surface area contributed by atoms with Gasteiger partial charge in [0.25, 0.3) is 5.91 Å². The average molecular weight is 477 g/mol. The van der Waals surface area contributed by atoms with Gasteiger partial charge >= 0.3 is 0 Å². The van der Waals surface area contributed by atoms with Crippen LogP contribution in [0.5, 0.6) is 5.75 Å². The monoisotopic (exact) mass is 476 g/mol. The quantitative estimate of drug-likeness (QED) is 0.624. The summed E-state index contributed by atoms with van der Waals surface area (Å²) in [7, 11) is 0. The summed E-state index contributed by atoms with van der Waals surface area (Å²) in [6.45, 7) is 3.28. The van der Waals surface area contributed by atoms with E-state index < -0.39 is 29.1 Å². The minimum absolute atomic E-state index is 0.0168. The number of pyridine rings is 1. The number of aromatic nitrogens is 3. The maximum absolute atomic E-state index is 14.2. The smallest absolute Gasteiger partial charge is 0.276 e. The molecular weight excluding hydrogens is 459 g/mol. The molecule has 1 N–H and O–H groups in total. The fourth-order valence-corrected chi connectivity index (χ4v) is 5.06. The lowest BCUT2D eigenvalue weighted by molar-refractivity contribution is -0.111. The van der Waals surface area contributed by atoms with E-state index in [0.717, 1.165) is 11.3 Å². The van der Waals surface area contributed by atoms with Gasteiger partial charge in [-0.3, -0.25) is 9.59 Å². The second-order valence-electron chi connectivity index (χ2n) is 7.96. The lowest BCUT2D eigenvalue weighted by atomic mass is 10.1. The number of ether oxygens (including phenoxy) is 1. The lowest BCUT2D eigenvalue weighted by Crippen LogP contribution is -2.55. The fourth-order valence-electron chi connectivity index (χ4n) is 3.99. The van der Waals surface area contributed by atoms with E-state index in [1.165, 1.54) is 16.8 Å². The summed E-state index contributed by atoms with van der Waals surface area (Å²) in [5.41, 5.74) is -0.282. The Kier molecular flexibility index (Phi) is 5.23. The van der Waals surface area contributed by atoms with E-state index in [2.05, 4.69) is 10.2 Å².